The lowest BCUT2D eigenvalue weighted by molar-refractivity contribution is 0.0985. The monoisotopic (exact) mass is 282 g/mol. The predicted molar refractivity (Wildman–Crippen MR) is 70.5 cm³/mol. The van der Waals surface area contributed by atoms with Crippen LogP contribution in [0.1, 0.15) is 20.7 Å². The molecule has 6 heteroatoms. The van der Waals surface area contributed by atoms with Gasteiger partial charge in [0.15, 0.2) is 20.4 Å². The molecule has 18 heavy (non-hydrogen) atoms. The van der Waals surface area contributed by atoms with Crippen LogP contribution in [-0.4, -0.2) is 32.0 Å². The van der Waals surface area contributed by atoms with E-state index < -0.39 is 8.87 Å². The minimum Gasteiger partial charge on any atom is -0.289 e. The van der Waals surface area contributed by atoms with Crippen molar-refractivity contribution in [2.75, 3.05) is 12.0 Å². The lowest BCUT2D eigenvalue weighted by Gasteiger charge is -2.13. The summed E-state index contributed by atoms with van der Waals surface area (Å²) < 4.78 is 22.1. The van der Waals surface area contributed by atoms with E-state index >= 15 is 0 Å². The molecule has 0 fully saturated rings. The average Bonchev–Trinajstić information content (AvgIpc) is 2.31. The van der Waals surface area contributed by atoms with Gasteiger partial charge in [0.1, 0.15) is 0 Å². The standard InChI is InChI=1S/C12H10O4S2/c1-18(15,16)17-7-8-6-11(13)9-4-2-3-5-10(9)12(8)14/h2-6H,7H2,1H3. The van der Waals surface area contributed by atoms with Crippen LogP contribution >= 0.6 is 10.8 Å². The summed E-state index contributed by atoms with van der Waals surface area (Å²) in [5.74, 6) is -0.534. The first kappa shape index (κ1) is 13.0. The topological polar surface area (TPSA) is 68.3 Å². The van der Waals surface area contributed by atoms with Crippen LogP contribution in [0.4, 0.5) is 0 Å². The molecule has 0 spiro atoms. The minimum atomic E-state index is -3.23. The Labute approximate surface area is 108 Å². The maximum absolute atomic E-state index is 12.1. The highest BCUT2D eigenvalue weighted by molar-refractivity contribution is 8.71. The summed E-state index contributed by atoms with van der Waals surface area (Å²) in [4.78, 5) is 23.8. The molecular formula is C12H10O4S2. The van der Waals surface area contributed by atoms with E-state index in [9.17, 15) is 18.0 Å². The Morgan fingerprint density at radius 2 is 1.72 bits per heavy atom. The first-order chi connectivity index (χ1) is 8.38. The van der Waals surface area contributed by atoms with Crippen LogP contribution in [0.3, 0.4) is 0 Å². The van der Waals surface area contributed by atoms with Crippen molar-refractivity contribution in [2.24, 2.45) is 0 Å². The van der Waals surface area contributed by atoms with E-state index in [0.717, 1.165) is 6.26 Å². The summed E-state index contributed by atoms with van der Waals surface area (Å²) in [5, 5.41) is 0. The highest BCUT2D eigenvalue weighted by Gasteiger charge is 2.25. The van der Waals surface area contributed by atoms with Gasteiger partial charge in [-0.25, -0.2) is 8.42 Å². The summed E-state index contributed by atoms with van der Waals surface area (Å²) >= 11 is 0. The fraction of sp³-hybridized carbons (Fsp3) is 0.167. The maximum Gasteiger partial charge on any atom is 0.199 e. The van der Waals surface area contributed by atoms with Gasteiger partial charge >= 0.3 is 0 Å². The molecule has 0 heterocycles. The summed E-state index contributed by atoms with van der Waals surface area (Å²) in [6.07, 6.45) is 2.30. The van der Waals surface area contributed by atoms with Crippen LogP contribution in [0.25, 0.3) is 0 Å². The molecule has 1 aliphatic rings. The number of rotatable bonds is 3. The first-order valence-corrected chi connectivity index (χ1v) is 8.51. The number of carbonyl (C=O) groups excluding carboxylic acids is 2. The van der Waals surface area contributed by atoms with Crippen molar-refractivity contribution in [1.82, 2.24) is 0 Å². The van der Waals surface area contributed by atoms with Gasteiger partial charge in [0.25, 0.3) is 0 Å². The SMILES string of the molecule is CS(=O)(=O)SCC1=CC(=O)c2ccccc2C1=O. The van der Waals surface area contributed by atoms with Crippen molar-refractivity contribution in [2.45, 2.75) is 0 Å². The Hall–Kier alpha value is -1.40. The van der Waals surface area contributed by atoms with Crippen LogP contribution < -0.4 is 0 Å². The van der Waals surface area contributed by atoms with E-state index in [0.29, 0.717) is 21.9 Å². The molecule has 0 N–H and O–H groups in total. The number of allylic oxidation sites excluding steroid dienone is 1. The molecule has 94 valence electrons. The summed E-state index contributed by atoms with van der Waals surface area (Å²) in [6, 6.07) is 6.53. The van der Waals surface area contributed by atoms with Crippen LogP contribution in [0.15, 0.2) is 35.9 Å². The quantitative estimate of drug-likeness (QED) is 0.789. The number of Topliss-reactive ketones (excluding diaryl/α,β-unsaturated/α-hetero) is 1. The van der Waals surface area contributed by atoms with Gasteiger partial charge in [-0.2, -0.15) is 0 Å². The van der Waals surface area contributed by atoms with E-state index in [2.05, 4.69) is 0 Å². The highest BCUT2D eigenvalue weighted by atomic mass is 33.1. The fourth-order valence-electron chi connectivity index (χ4n) is 1.65. The molecule has 1 aromatic carbocycles. The number of fused-ring (bicyclic) bond motifs is 1. The van der Waals surface area contributed by atoms with Gasteiger partial charge in [-0.15, -0.1) is 0 Å². The predicted octanol–water partition coefficient (Wildman–Crippen LogP) is 1.68. The zero-order chi connectivity index (χ0) is 13.3. The van der Waals surface area contributed by atoms with Crippen LogP contribution in [0.5, 0.6) is 0 Å². The molecule has 2 rings (SSSR count). The molecule has 0 aliphatic heterocycles. The molecule has 0 saturated carbocycles. The van der Waals surface area contributed by atoms with E-state index in [-0.39, 0.29) is 22.9 Å². The van der Waals surface area contributed by atoms with Gasteiger partial charge in [-0.05, 0) is 16.9 Å². The van der Waals surface area contributed by atoms with Gasteiger partial charge in [0.05, 0.1) is 0 Å². The smallest absolute Gasteiger partial charge is 0.199 e. The fourth-order valence-corrected chi connectivity index (χ4v) is 3.23. The second-order valence-corrected chi connectivity index (χ2v) is 8.33. The zero-order valence-corrected chi connectivity index (χ0v) is 11.2. The van der Waals surface area contributed by atoms with Gasteiger partial charge in [0.2, 0.25) is 0 Å². The molecule has 0 aromatic heterocycles. The highest BCUT2D eigenvalue weighted by Crippen LogP contribution is 2.24. The van der Waals surface area contributed by atoms with Crippen molar-refractivity contribution in [3.63, 3.8) is 0 Å². The molecule has 0 radical (unpaired) electrons. The van der Waals surface area contributed by atoms with Crippen molar-refractivity contribution in [3.8, 4) is 0 Å². The lowest BCUT2D eigenvalue weighted by Crippen LogP contribution is -2.18. The number of carbonyl (C=O) groups is 2. The molecule has 0 saturated heterocycles. The molecule has 1 aliphatic carbocycles. The number of hydrogen-bond donors (Lipinski definition) is 0. The maximum atomic E-state index is 12.1. The van der Waals surface area contributed by atoms with Gasteiger partial charge in [-0.3, -0.25) is 9.59 Å². The Bertz CT molecular complexity index is 656. The third-order valence-electron chi connectivity index (χ3n) is 2.46. The summed E-state index contributed by atoms with van der Waals surface area (Å²) in [7, 11) is -2.58. The second-order valence-electron chi connectivity index (χ2n) is 3.87. The van der Waals surface area contributed by atoms with E-state index in [1.54, 1.807) is 24.3 Å². The third-order valence-corrected chi connectivity index (χ3v) is 4.96. The van der Waals surface area contributed by atoms with Crippen LogP contribution in [-0.2, 0) is 8.87 Å². The third kappa shape index (κ3) is 2.70. The minimum absolute atomic E-state index is 0.00224. The molecular weight excluding hydrogens is 272 g/mol. The van der Waals surface area contributed by atoms with Crippen molar-refractivity contribution in [1.29, 1.82) is 0 Å². The number of benzene rings is 1. The largest absolute Gasteiger partial charge is 0.289 e. The van der Waals surface area contributed by atoms with E-state index in [4.69, 9.17) is 0 Å². The lowest BCUT2D eigenvalue weighted by atomic mass is 9.90. The number of ketones is 2. The Kier molecular flexibility index (Phi) is 3.41. The zero-order valence-electron chi connectivity index (χ0n) is 9.54. The Morgan fingerprint density at radius 1 is 1.11 bits per heavy atom. The van der Waals surface area contributed by atoms with Crippen molar-refractivity contribution < 1.29 is 18.0 Å². The van der Waals surface area contributed by atoms with Crippen molar-refractivity contribution in [3.05, 3.63) is 47.0 Å². The Morgan fingerprint density at radius 3 is 2.33 bits per heavy atom. The second kappa shape index (κ2) is 4.70. The normalized spacial score (nSPS) is 15.3. The van der Waals surface area contributed by atoms with Gasteiger partial charge < -0.3 is 0 Å². The number of hydrogen-bond acceptors (Lipinski definition) is 5. The van der Waals surface area contributed by atoms with E-state index in [1.165, 1.54) is 6.08 Å². The molecule has 0 unspecified atom stereocenters. The molecule has 1 aromatic rings. The van der Waals surface area contributed by atoms with Crippen LogP contribution in [0.2, 0.25) is 0 Å². The Balaban J connectivity index is 2.32. The molecule has 4 nitrogen and oxygen atoms in total. The summed E-state index contributed by atoms with van der Waals surface area (Å²) in [6.45, 7) is 0. The average molecular weight is 282 g/mol. The van der Waals surface area contributed by atoms with E-state index in [1.807, 2.05) is 0 Å². The summed E-state index contributed by atoms with van der Waals surface area (Å²) in [5.41, 5.74) is 0.943. The first-order valence-electron chi connectivity index (χ1n) is 5.11. The van der Waals surface area contributed by atoms with Gasteiger partial charge in [-0.1, -0.05) is 24.3 Å². The molecule has 0 bridgehead atoms. The molecule has 0 atom stereocenters. The van der Waals surface area contributed by atoms with Crippen LogP contribution in [0, 0.1) is 0 Å². The van der Waals surface area contributed by atoms with Crippen molar-refractivity contribution >= 4 is 31.2 Å². The van der Waals surface area contributed by atoms with Gasteiger partial charge in [0, 0.05) is 28.7 Å². The molecule has 0 amide bonds.